The average Bonchev–Trinajstić information content (AvgIpc) is 3.30. The molecular formula is C29H29F2N3OS. The van der Waals surface area contributed by atoms with Gasteiger partial charge in [-0.25, -0.2) is 13.8 Å². The molecule has 0 atom stereocenters. The summed E-state index contributed by atoms with van der Waals surface area (Å²) in [5.41, 5.74) is 3.84. The first kappa shape index (κ1) is 25.7. The summed E-state index contributed by atoms with van der Waals surface area (Å²) in [5, 5.41) is 5.02. The van der Waals surface area contributed by atoms with Crippen molar-refractivity contribution in [1.82, 2.24) is 9.88 Å². The molecule has 3 aromatic carbocycles. The Balaban J connectivity index is 1.50. The molecule has 0 unspecified atom stereocenters. The Morgan fingerprint density at radius 3 is 2.11 bits per heavy atom. The number of amides is 1. The van der Waals surface area contributed by atoms with Gasteiger partial charge in [0, 0.05) is 18.5 Å². The van der Waals surface area contributed by atoms with Crippen molar-refractivity contribution < 1.29 is 13.6 Å². The van der Waals surface area contributed by atoms with Gasteiger partial charge in [-0.15, -0.1) is 11.3 Å². The molecule has 0 aliphatic heterocycles. The Bertz CT molecular complexity index is 1310. The summed E-state index contributed by atoms with van der Waals surface area (Å²) in [7, 11) is 0. The smallest absolute Gasteiger partial charge is 0.275 e. The van der Waals surface area contributed by atoms with E-state index >= 15 is 0 Å². The van der Waals surface area contributed by atoms with Gasteiger partial charge in [-0.2, -0.15) is 0 Å². The first-order valence-electron chi connectivity index (χ1n) is 11.7. The van der Waals surface area contributed by atoms with Crippen molar-refractivity contribution in [3.05, 3.63) is 117 Å². The third kappa shape index (κ3) is 6.83. The number of hydrogen-bond acceptors (Lipinski definition) is 4. The first-order valence-corrected chi connectivity index (χ1v) is 12.6. The maximum atomic E-state index is 13.9. The summed E-state index contributed by atoms with van der Waals surface area (Å²) in [6.45, 7) is 8.33. The van der Waals surface area contributed by atoms with E-state index in [1.807, 2.05) is 0 Å². The normalized spacial score (nSPS) is 11.6. The van der Waals surface area contributed by atoms with Gasteiger partial charge in [-0.05, 0) is 46.4 Å². The lowest BCUT2D eigenvalue weighted by Crippen LogP contribution is -2.23. The maximum Gasteiger partial charge on any atom is 0.275 e. The molecule has 1 amide bonds. The first-order chi connectivity index (χ1) is 17.2. The van der Waals surface area contributed by atoms with Crippen LogP contribution >= 0.6 is 11.3 Å². The standard InChI is InChI=1S/C29H29F2N3OS/c1-29(2,3)22-12-8-20(9-13-22)16-34(17-21-10-14-23(30)15-11-21)18-27-32-26(19-36-27)28(35)33-25-7-5-4-6-24(25)31/h4-15,19H,16-18H2,1-3H3,(H,33,35). The topological polar surface area (TPSA) is 45.2 Å². The van der Waals surface area contributed by atoms with Gasteiger partial charge in [0.2, 0.25) is 0 Å². The molecular weight excluding hydrogens is 476 g/mol. The van der Waals surface area contributed by atoms with Crippen molar-refractivity contribution in [2.75, 3.05) is 5.32 Å². The Hall–Kier alpha value is -3.42. The number of thiazole rings is 1. The minimum Gasteiger partial charge on any atom is -0.318 e. The number of nitrogens with one attached hydrogen (secondary N) is 1. The van der Waals surface area contributed by atoms with Crippen molar-refractivity contribution in [3.8, 4) is 0 Å². The van der Waals surface area contributed by atoms with E-state index in [1.54, 1.807) is 29.6 Å². The quantitative estimate of drug-likeness (QED) is 0.276. The van der Waals surface area contributed by atoms with E-state index in [-0.39, 0.29) is 22.6 Å². The van der Waals surface area contributed by atoms with Crippen molar-refractivity contribution in [2.24, 2.45) is 0 Å². The third-order valence-corrected chi connectivity index (χ3v) is 6.64. The summed E-state index contributed by atoms with van der Waals surface area (Å²) >= 11 is 1.38. The van der Waals surface area contributed by atoms with Gasteiger partial charge >= 0.3 is 0 Å². The number of para-hydroxylation sites is 1. The van der Waals surface area contributed by atoms with E-state index in [1.165, 1.54) is 41.2 Å². The molecule has 4 aromatic rings. The fraction of sp³-hybridized carbons (Fsp3) is 0.241. The number of aromatic nitrogens is 1. The fourth-order valence-electron chi connectivity index (χ4n) is 3.81. The van der Waals surface area contributed by atoms with Gasteiger partial charge in [0.25, 0.3) is 5.91 Å². The fourth-order valence-corrected chi connectivity index (χ4v) is 4.63. The predicted molar refractivity (Wildman–Crippen MR) is 141 cm³/mol. The Kier molecular flexibility index (Phi) is 7.91. The lowest BCUT2D eigenvalue weighted by Gasteiger charge is -2.23. The van der Waals surface area contributed by atoms with Crippen LogP contribution in [0.25, 0.3) is 0 Å². The van der Waals surface area contributed by atoms with Crippen LogP contribution in [-0.4, -0.2) is 15.8 Å². The molecule has 0 aliphatic rings. The molecule has 4 rings (SSSR count). The highest BCUT2D eigenvalue weighted by molar-refractivity contribution is 7.09. The summed E-state index contributed by atoms with van der Waals surface area (Å²) in [6, 6.07) is 21.1. The molecule has 1 N–H and O–H groups in total. The van der Waals surface area contributed by atoms with E-state index in [0.29, 0.717) is 19.6 Å². The molecule has 4 nitrogen and oxygen atoms in total. The molecule has 0 fully saturated rings. The zero-order valence-electron chi connectivity index (χ0n) is 20.6. The predicted octanol–water partition coefficient (Wildman–Crippen LogP) is 7.17. The van der Waals surface area contributed by atoms with Crippen LogP contribution in [0.2, 0.25) is 0 Å². The van der Waals surface area contributed by atoms with E-state index in [4.69, 9.17) is 0 Å². The van der Waals surface area contributed by atoms with Crippen molar-refractivity contribution >= 4 is 22.9 Å². The minimum atomic E-state index is -0.496. The van der Waals surface area contributed by atoms with Crippen LogP contribution in [-0.2, 0) is 25.0 Å². The van der Waals surface area contributed by atoms with Gasteiger partial charge in [-0.1, -0.05) is 69.3 Å². The van der Waals surface area contributed by atoms with E-state index in [2.05, 4.69) is 60.2 Å². The van der Waals surface area contributed by atoms with Crippen LogP contribution in [0.4, 0.5) is 14.5 Å². The second-order valence-corrected chi connectivity index (χ2v) is 10.7. The molecule has 186 valence electrons. The number of rotatable bonds is 8. The lowest BCUT2D eigenvalue weighted by molar-refractivity contribution is 0.102. The number of hydrogen-bond donors (Lipinski definition) is 1. The molecule has 0 aliphatic carbocycles. The van der Waals surface area contributed by atoms with Gasteiger partial charge in [0.15, 0.2) is 0 Å². The van der Waals surface area contributed by atoms with E-state index in [9.17, 15) is 13.6 Å². The minimum absolute atomic E-state index is 0.0762. The summed E-state index contributed by atoms with van der Waals surface area (Å²) in [5.74, 6) is -1.22. The third-order valence-electron chi connectivity index (χ3n) is 5.81. The monoisotopic (exact) mass is 505 g/mol. The van der Waals surface area contributed by atoms with Crippen LogP contribution in [0.5, 0.6) is 0 Å². The molecule has 0 saturated heterocycles. The average molecular weight is 506 g/mol. The van der Waals surface area contributed by atoms with Crippen LogP contribution in [0, 0.1) is 11.6 Å². The number of benzene rings is 3. The lowest BCUT2D eigenvalue weighted by atomic mass is 9.87. The summed E-state index contributed by atoms with van der Waals surface area (Å²) < 4.78 is 27.3. The van der Waals surface area contributed by atoms with Gasteiger partial charge in [0.05, 0.1) is 12.2 Å². The SMILES string of the molecule is CC(C)(C)c1ccc(CN(Cc2ccc(F)cc2)Cc2nc(C(=O)Nc3ccccc3F)cs2)cc1. The Morgan fingerprint density at radius 1 is 0.889 bits per heavy atom. The largest absolute Gasteiger partial charge is 0.318 e. The van der Waals surface area contributed by atoms with Crippen LogP contribution in [0.1, 0.15) is 53.0 Å². The molecule has 0 spiro atoms. The Morgan fingerprint density at radius 2 is 1.50 bits per heavy atom. The molecule has 1 heterocycles. The molecule has 0 radical (unpaired) electrons. The number of nitrogens with zero attached hydrogens (tertiary/aromatic N) is 2. The van der Waals surface area contributed by atoms with E-state index in [0.717, 1.165) is 16.1 Å². The second kappa shape index (κ2) is 11.1. The zero-order chi connectivity index (χ0) is 25.7. The summed E-state index contributed by atoms with van der Waals surface area (Å²) in [6.07, 6.45) is 0. The zero-order valence-corrected chi connectivity index (χ0v) is 21.4. The highest BCUT2D eigenvalue weighted by Gasteiger charge is 2.17. The van der Waals surface area contributed by atoms with Gasteiger partial charge < -0.3 is 5.32 Å². The highest BCUT2D eigenvalue weighted by Crippen LogP contribution is 2.24. The van der Waals surface area contributed by atoms with Crippen molar-refractivity contribution in [1.29, 1.82) is 0 Å². The molecule has 0 bridgehead atoms. The van der Waals surface area contributed by atoms with Crippen LogP contribution < -0.4 is 5.32 Å². The number of halogens is 2. The second-order valence-electron chi connectivity index (χ2n) is 9.78. The van der Waals surface area contributed by atoms with Crippen molar-refractivity contribution in [2.45, 2.75) is 45.8 Å². The summed E-state index contributed by atoms with van der Waals surface area (Å²) in [4.78, 5) is 19.3. The van der Waals surface area contributed by atoms with Gasteiger partial charge in [-0.3, -0.25) is 9.69 Å². The van der Waals surface area contributed by atoms with Crippen LogP contribution in [0.3, 0.4) is 0 Å². The number of carbonyl (C=O) groups is 1. The molecule has 0 saturated carbocycles. The number of anilines is 1. The van der Waals surface area contributed by atoms with Crippen molar-refractivity contribution in [3.63, 3.8) is 0 Å². The maximum absolute atomic E-state index is 13.9. The van der Waals surface area contributed by atoms with Gasteiger partial charge in [0.1, 0.15) is 22.3 Å². The number of carbonyl (C=O) groups excluding carboxylic acids is 1. The molecule has 1 aromatic heterocycles. The molecule has 36 heavy (non-hydrogen) atoms. The van der Waals surface area contributed by atoms with Crippen LogP contribution in [0.15, 0.2) is 78.2 Å². The highest BCUT2D eigenvalue weighted by atomic mass is 32.1. The molecule has 7 heteroatoms. The van der Waals surface area contributed by atoms with E-state index < -0.39 is 11.7 Å². The Labute approximate surface area is 214 Å².